The Morgan fingerprint density at radius 1 is 0.932 bits per heavy atom. The number of hydrogen-bond acceptors (Lipinski definition) is 7. The van der Waals surface area contributed by atoms with Crippen molar-refractivity contribution in [3.05, 3.63) is 77.1 Å². The number of amides is 2. The molecule has 13 heteroatoms. The molecule has 2 atom stereocenters. The average molecular weight is 650 g/mol. The molecule has 0 aliphatic carbocycles. The van der Waals surface area contributed by atoms with Gasteiger partial charge in [0.15, 0.2) is 11.5 Å². The summed E-state index contributed by atoms with van der Waals surface area (Å²) in [4.78, 5) is 28.2. The van der Waals surface area contributed by atoms with Gasteiger partial charge in [-0.2, -0.15) is 0 Å². The molecule has 1 N–H and O–H groups in total. The van der Waals surface area contributed by atoms with Crippen LogP contribution in [0.15, 0.2) is 65.6 Å². The summed E-state index contributed by atoms with van der Waals surface area (Å²) in [6.45, 7) is 4.15. The largest absolute Gasteiger partial charge is 0.495 e. The highest BCUT2D eigenvalue weighted by Gasteiger charge is 2.35. The van der Waals surface area contributed by atoms with E-state index < -0.39 is 40.2 Å². The molecule has 3 rings (SSSR count). The van der Waals surface area contributed by atoms with Gasteiger partial charge in [-0.25, -0.2) is 12.8 Å². The SMILES string of the molecule is CC[C@@H](C)NC(=O)[C@H](C)N(Cc1ccccc1F)C(=O)CN(c1cc(Cl)ccc1OC)S(=O)(=O)c1ccc(OC)c(OC)c1. The normalized spacial score (nSPS) is 12.5. The van der Waals surface area contributed by atoms with Crippen LogP contribution in [0.4, 0.5) is 10.1 Å². The molecule has 0 bridgehead atoms. The van der Waals surface area contributed by atoms with E-state index in [1.165, 1.54) is 82.9 Å². The minimum absolute atomic E-state index is 0.0225. The fraction of sp³-hybridized carbons (Fsp3) is 0.355. The number of carbonyl (C=O) groups is 2. The van der Waals surface area contributed by atoms with E-state index >= 15 is 0 Å². The average Bonchev–Trinajstić information content (AvgIpc) is 3.02. The zero-order valence-corrected chi connectivity index (χ0v) is 27.0. The fourth-order valence-corrected chi connectivity index (χ4v) is 5.93. The molecule has 0 saturated heterocycles. The molecule has 0 aliphatic heterocycles. The molecule has 10 nitrogen and oxygen atoms in total. The van der Waals surface area contributed by atoms with Crippen molar-refractivity contribution >= 4 is 39.1 Å². The zero-order chi connectivity index (χ0) is 32.6. The first-order valence-electron chi connectivity index (χ1n) is 13.8. The quantitative estimate of drug-likeness (QED) is 0.261. The standard InChI is InChI=1S/C31H37ClFN3O7S/c1-7-20(2)34-31(38)21(3)35(18-22-10-8-9-11-25(22)33)30(37)19-36(26-16-23(32)12-14-27(26)41-4)44(39,40)24-13-15-28(42-5)29(17-24)43-6/h8-17,20-21H,7,18-19H2,1-6H3,(H,34,38)/t20-,21+/m1/s1. The third kappa shape index (κ3) is 7.92. The summed E-state index contributed by atoms with van der Waals surface area (Å²) in [5, 5.41) is 3.02. The fourth-order valence-electron chi connectivity index (χ4n) is 4.33. The summed E-state index contributed by atoms with van der Waals surface area (Å²) in [6.07, 6.45) is 0.644. The molecular weight excluding hydrogens is 613 g/mol. The number of carbonyl (C=O) groups excluding carboxylic acids is 2. The van der Waals surface area contributed by atoms with Crippen LogP contribution < -0.4 is 23.8 Å². The van der Waals surface area contributed by atoms with Crippen molar-refractivity contribution in [2.24, 2.45) is 0 Å². The Morgan fingerprint density at radius 2 is 1.57 bits per heavy atom. The highest BCUT2D eigenvalue weighted by Crippen LogP contribution is 2.37. The third-order valence-corrected chi connectivity index (χ3v) is 9.09. The van der Waals surface area contributed by atoms with E-state index in [9.17, 15) is 22.4 Å². The Kier molecular flexibility index (Phi) is 11.8. The summed E-state index contributed by atoms with van der Waals surface area (Å²) in [5.41, 5.74) is 0.129. The van der Waals surface area contributed by atoms with Crippen molar-refractivity contribution in [1.82, 2.24) is 10.2 Å². The van der Waals surface area contributed by atoms with E-state index in [1.807, 2.05) is 13.8 Å². The maximum atomic E-state index is 14.8. The van der Waals surface area contributed by atoms with Crippen LogP contribution in [0.2, 0.25) is 5.02 Å². The molecule has 0 spiro atoms. The Labute approximate surface area is 262 Å². The van der Waals surface area contributed by atoms with E-state index in [1.54, 1.807) is 6.07 Å². The molecule has 0 unspecified atom stereocenters. The number of rotatable bonds is 14. The lowest BCUT2D eigenvalue weighted by Crippen LogP contribution is -2.52. The summed E-state index contributed by atoms with van der Waals surface area (Å²) in [6, 6.07) is 12.9. The summed E-state index contributed by atoms with van der Waals surface area (Å²) in [5.74, 6) is -1.26. The van der Waals surface area contributed by atoms with E-state index in [-0.39, 0.29) is 45.3 Å². The Hall–Kier alpha value is -4.03. The second-order valence-corrected chi connectivity index (χ2v) is 12.3. The van der Waals surface area contributed by atoms with E-state index in [0.717, 1.165) is 9.21 Å². The molecule has 44 heavy (non-hydrogen) atoms. The van der Waals surface area contributed by atoms with Gasteiger partial charge in [0.25, 0.3) is 10.0 Å². The topological polar surface area (TPSA) is 114 Å². The van der Waals surface area contributed by atoms with Gasteiger partial charge in [-0.3, -0.25) is 13.9 Å². The molecule has 0 heterocycles. The maximum absolute atomic E-state index is 14.8. The van der Waals surface area contributed by atoms with Gasteiger partial charge in [0, 0.05) is 29.2 Å². The minimum atomic E-state index is -4.50. The van der Waals surface area contributed by atoms with Crippen LogP contribution in [0.1, 0.15) is 32.8 Å². The number of anilines is 1. The summed E-state index contributed by atoms with van der Waals surface area (Å²) < 4.78 is 60.1. The number of benzene rings is 3. The number of nitrogens with one attached hydrogen (secondary N) is 1. The summed E-state index contributed by atoms with van der Waals surface area (Å²) in [7, 11) is -0.377. The van der Waals surface area contributed by atoms with Gasteiger partial charge < -0.3 is 24.4 Å². The Balaban J connectivity index is 2.15. The van der Waals surface area contributed by atoms with Crippen molar-refractivity contribution < 1.29 is 36.6 Å². The molecule has 0 radical (unpaired) electrons. The molecule has 0 fully saturated rings. The zero-order valence-electron chi connectivity index (χ0n) is 25.5. The molecule has 2 amide bonds. The molecule has 238 valence electrons. The van der Waals surface area contributed by atoms with Gasteiger partial charge in [-0.1, -0.05) is 36.7 Å². The third-order valence-electron chi connectivity index (χ3n) is 7.10. The van der Waals surface area contributed by atoms with Gasteiger partial charge >= 0.3 is 0 Å². The lowest BCUT2D eigenvalue weighted by Gasteiger charge is -2.33. The predicted octanol–water partition coefficient (Wildman–Crippen LogP) is 5.03. The molecule has 0 saturated carbocycles. The molecule has 0 aliphatic rings. The number of nitrogens with zero attached hydrogens (tertiary/aromatic N) is 2. The van der Waals surface area contributed by atoms with Crippen molar-refractivity contribution in [3.8, 4) is 17.2 Å². The van der Waals surface area contributed by atoms with Crippen molar-refractivity contribution in [2.75, 3.05) is 32.2 Å². The van der Waals surface area contributed by atoms with Gasteiger partial charge in [-0.05, 0) is 56.7 Å². The van der Waals surface area contributed by atoms with Crippen LogP contribution in [0.5, 0.6) is 17.2 Å². The number of sulfonamides is 1. The number of ether oxygens (including phenoxy) is 3. The van der Waals surface area contributed by atoms with Crippen LogP contribution in [0.25, 0.3) is 0 Å². The lowest BCUT2D eigenvalue weighted by atomic mass is 10.1. The van der Waals surface area contributed by atoms with Crippen molar-refractivity contribution in [2.45, 2.75) is 50.7 Å². The van der Waals surface area contributed by atoms with E-state index in [2.05, 4.69) is 5.32 Å². The first-order valence-corrected chi connectivity index (χ1v) is 15.6. The number of methoxy groups -OCH3 is 3. The van der Waals surface area contributed by atoms with Gasteiger partial charge in [0.2, 0.25) is 11.8 Å². The minimum Gasteiger partial charge on any atom is -0.495 e. The van der Waals surface area contributed by atoms with Crippen molar-refractivity contribution in [1.29, 1.82) is 0 Å². The molecule has 3 aromatic rings. The van der Waals surface area contributed by atoms with Gasteiger partial charge in [-0.15, -0.1) is 0 Å². The van der Waals surface area contributed by atoms with Crippen LogP contribution in [0, 0.1) is 5.82 Å². The summed E-state index contributed by atoms with van der Waals surface area (Å²) >= 11 is 6.28. The smallest absolute Gasteiger partial charge is 0.265 e. The first-order chi connectivity index (χ1) is 20.9. The van der Waals surface area contributed by atoms with Crippen molar-refractivity contribution in [3.63, 3.8) is 0 Å². The highest BCUT2D eigenvalue weighted by molar-refractivity contribution is 7.92. The first kappa shape index (κ1) is 34.5. The van der Waals surface area contributed by atoms with Crippen LogP contribution in [-0.2, 0) is 26.2 Å². The van der Waals surface area contributed by atoms with Crippen LogP contribution in [0.3, 0.4) is 0 Å². The van der Waals surface area contributed by atoms with Gasteiger partial charge in [0.05, 0.1) is 31.9 Å². The van der Waals surface area contributed by atoms with Crippen LogP contribution in [-0.4, -0.2) is 65.1 Å². The van der Waals surface area contributed by atoms with E-state index in [4.69, 9.17) is 25.8 Å². The lowest BCUT2D eigenvalue weighted by molar-refractivity contribution is -0.139. The molecule has 3 aromatic carbocycles. The highest BCUT2D eigenvalue weighted by atomic mass is 35.5. The second kappa shape index (κ2) is 15.1. The molecule has 0 aromatic heterocycles. The molecular formula is C31H37ClFN3O7S. The Morgan fingerprint density at radius 3 is 2.18 bits per heavy atom. The van der Waals surface area contributed by atoms with Crippen LogP contribution >= 0.6 is 11.6 Å². The Bertz CT molecular complexity index is 1590. The second-order valence-electron chi connectivity index (χ2n) is 9.95. The maximum Gasteiger partial charge on any atom is 0.265 e. The monoisotopic (exact) mass is 649 g/mol. The van der Waals surface area contributed by atoms with Gasteiger partial charge in [0.1, 0.15) is 24.2 Å². The number of hydrogen-bond donors (Lipinski definition) is 1. The number of halogens is 2. The van der Waals surface area contributed by atoms with E-state index in [0.29, 0.717) is 12.2 Å². The predicted molar refractivity (Wildman–Crippen MR) is 166 cm³/mol.